The van der Waals surface area contributed by atoms with Crippen LogP contribution in [0.15, 0.2) is 71.3 Å². The molecule has 0 saturated heterocycles. The molecule has 0 aliphatic carbocycles. The number of carbonyl (C=O) groups is 2. The Kier molecular flexibility index (Phi) is 5.56. The Morgan fingerprint density at radius 2 is 1.77 bits per heavy atom. The molecule has 0 aliphatic rings. The van der Waals surface area contributed by atoms with Gasteiger partial charge < -0.3 is 20.4 Å². The first kappa shape index (κ1) is 17.6. The molecule has 3 rings (SSSR count). The van der Waals surface area contributed by atoms with Crippen LogP contribution in [-0.2, 0) is 6.54 Å². The topological polar surface area (TPSA) is 83.4 Å². The second-order valence-electron chi connectivity index (χ2n) is 5.42. The molecule has 2 aromatic carbocycles. The van der Waals surface area contributed by atoms with Crippen LogP contribution in [0.1, 0.15) is 16.1 Å². The molecule has 0 fully saturated rings. The molecule has 7 heteroatoms. The lowest BCUT2D eigenvalue weighted by atomic mass is 10.2. The third kappa shape index (κ3) is 4.64. The summed E-state index contributed by atoms with van der Waals surface area (Å²) in [6.07, 6.45) is 1.41. The van der Waals surface area contributed by atoms with Crippen LogP contribution >= 0.6 is 11.6 Å². The lowest BCUT2D eigenvalue weighted by Gasteiger charge is -2.10. The number of nitrogens with one attached hydrogen (secondary N) is 3. The molecule has 0 bridgehead atoms. The monoisotopic (exact) mass is 369 g/mol. The highest BCUT2D eigenvalue weighted by Gasteiger charge is 2.11. The minimum absolute atomic E-state index is 0.184. The fraction of sp³-hybridized carbons (Fsp3) is 0.0526. The lowest BCUT2D eigenvalue weighted by Crippen LogP contribution is -2.28. The summed E-state index contributed by atoms with van der Waals surface area (Å²) < 4.78 is 5.03. The predicted molar refractivity (Wildman–Crippen MR) is 100 cm³/mol. The van der Waals surface area contributed by atoms with Crippen molar-refractivity contribution in [1.29, 1.82) is 0 Å². The summed E-state index contributed by atoms with van der Waals surface area (Å²) in [6.45, 7) is 0.414. The minimum Gasteiger partial charge on any atom is -0.459 e. The van der Waals surface area contributed by atoms with E-state index in [1.807, 2.05) is 30.3 Å². The van der Waals surface area contributed by atoms with E-state index in [1.165, 1.54) is 6.26 Å². The van der Waals surface area contributed by atoms with Crippen LogP contribution in [0.2, 0.25) is 5.02 Å². The number of amides is 3. The second kappa shape index (κ2) is 8.22. The Bertz CT molecular complexity index is 896. The van der Waals surface area contributed by atoms with Crippen LogP contribution < -0.4 is 16.0 Å². The number of benzene rings is 2. The van der Waals surface area contributed by atoms with Gasteiger partial charge in [-0.15, -0.1) is 0 Å². The van der Waals surface area contributed by atoms with Crippen LogP contribution in [0.5, 0.6) is 0 Å². The summed E-state index contributed by atoms with van der Waals surface area (Å²) in [7, 11) is 0. The Balaban J connectivity index is 1.57. The van der Waals surface area contributed by atoms with Gasteiger partial charge in [-0.05, 0) is 35.9 Å². The van der Waals surface area contributed by atoms with Gasteiger partial charge in [0.2, 0.25) is 0 Å². The van der Waals surface area contributed by atoms with Crippen molar-refractivity contribution in [2.24, 2.45) is 0 Å². The summed E-state index contributed by atoms with van der Waals surface area (Å²) in [5.74, 6) is -0.221. The SMILES string of the molecule is O=C(NCc1ccccc1)Nc1ccc(NC(=O)c2ccco2)c(Cl)c1. The van der Waals surface area contributed by atoms with Gasteiger partial charge in [-0.1, -0.05) is 41.9 Å². The Morgan fingerprint density at radius 1 is 0.962 bits per heavy atom. The number of furan rings is 1. The molecule has 3 aromatic rings. The number of hydrogen-bond donors (Lipinski definition) is 3. The molecule has 0 atom stereocenters. The zero-order valence-electron chi connectivity index (χ0n) is 13.7. The number of urea groups is 1. The third-order valence-electron chi connectivity index (χ3n) is 3.52. The minimum atomic E-state index is -0.404. The van der Waals surface area contributed by atoms with Crippen LogP contribution in [0, 0.1) is 0 Å². The molecule has 6 nitrogen and oxygen atoms in total. The van der Waals surface area contributed by atoms with E-state index < -0.39 is 5.91 Å². The molecule has 0 radical (unpaired) electrons. The van der Waals surface area contributed by atoms with Gasteiger partial charge in [0.15, 0.2) is 5.76 Å². The van der Waals surface area contributed by atoms with Crippen LogP contribution in [0.4, 0.5) is 16.2 Å². The second-order valence-corrected chi connectivity index (χ2v) is 5.83. The number of hydrogen-bond acceptors (Lipinski definition) is 3. The van der Waals surface area contributed by atoms with Gasteiger partial charge in [0.25, 0.3) is 5.91 Å². The van der Waals surface area contributed by atoms with E-state index in [1.54, 1.807) is 30.3 Å². The van der Waals surface area contributed by atoms with E-state index in [9.17, 15) is 9.59 Å². The highest BCUT2D eigenvalue weighted by molar-refractivity contribution is 6.34. The van der Waals surface area contributed by atoms with E-state index >= 15 is 0 Å². The highest BCUT2D eigenvalue weighted by Crippen LogP contribution is 2.26. The maximum absolute atomic E-state index is 12.0. The fourth-order valence-corrected chi connectivity index (χ4v) is 2.47. The maximum Gasteiger partial charge on any atom is 0.319 e. The van der Waals surface area contributed by atoms with Crippen molar-refractivity contribution < 1.29 is 14.0 Å². The maximum atomic E-state index is 12.0. The van der Waals surface area contributed by atoms with E-state index in [4.69, 9.17) is 16.0 Å². The van der Waals surface area contributed by atoms with Gasteiger partial charge in [-0.2, -0.15) is 0 Å². The Morgan fingerprint density at radius 3 is 2.46 bits per heavy atom. The molecule has 0 aliphatic heterocycles. The van der Waals surface area contributed by atoms with Crippen LogP contribution in [0.25, 0.3) is 0 Å². The number of halogens is 1. The predicted octanol–water partition coefficient (Wildman–Crippen LogP) is 4.51. The molecule has 1 heterocycles. The van der Waals surface area contributed by atoms with Crippen molar-refractivity contribution in [1.82, 2.24) is 5.32 Å². The Labute approximate surface area is 155 Å². The average molecular weight is 370 g/mol. The molecule has 3 amide bonds. The van der Waals surface area contributed by atoms with Gasteiger partial charge in [-0.25, -0.2) is 4.79 Å². The molecule has 3 N–H and O–H groups in total. The highest BCUT2D eigenvalue weighted by atomic mass is 35.5. The summed E-state index contributed by atoms with van der Waals surface area (Å²) in [5.41, 5.74) is 1.93. The summed E-state index contributed by atoms with van der Waals surface area (Å²) >= 11 is 6.17. The first-order chi connectivity index (χ1) is 12.6. The van der Waals surface area contributed by atoms with E-state index in [-0.39, 0.29) is 11.8 Å². The van der Waals surface area contributed by atoms with Gasteiger partial charge in [0.05, 0.1) is 17.0 Å². The molecule has 0 saturated carbocycles. The van der Waals surface area contributed by atoms with Crippen molar-refractivity contribution in [2.75, 3.05) is 10.6 Å². The first-order valence-corrected chi connectivity index (χ1v) is 8.23. The fourth-order valence-electron chi connectivity index (χ4n) is 2.24. The molecular formula is C19H16ClN3O3. The summed E-state index contributed by atoms with van der Waals surface area (Å²) in [6, 6.07) is 17.2. The zero-order chi connectivity index (χ0) is 18.4. The quantitative estimate of drug-likeness (QED) is 0.618. The van der Waals surface area contributed by atoms with Crippen LogP contribution in [0.3, 0.4) is 0 Å². The lowest BCUT2D eigenvalue weighted by molar-refractivity contribution is 0.0996. The molecule has 1 aromatic heterocycles. The van der Waals surface area contributed by atoms with Gasteiger partial charge in [-0.3, -0.25) is 4.79 Å². The van der Waals surface area contributed by atoms with Gasteiger partial charge in [0, 0.05) is 12.2 Å². The standard InChI is InChI=1S/C19H16ClN3O3/c20-15-11-14(22-19(25)21-12-13-5-2-1-3-6-13)8-9-16(15)23-18(24)17-7-4-10-26-17/h1-11H,12H2,(H,23,24)(H2,21,22,25). The molecular weight excluding hydrogens is 354 g/mol. The Hall–Kier alpha value is -3.25. The van der Waals surface area contributed by atoms with Gasteiger partial charge in [0.1, 0.15) is 0 Å². The number of carbonyl (C=O) groups excluding carboxylic acids is 2. The molecule has 0 spiro atoms. The zero-order valence-corrected chi connectivity index (χ0v) is 14.4. The average Bonchev–Trinajstić information content (AvgIpc) is 3.18. The first-order valence-electron chi connectivity index (χ1n) is 7.85. The summed E-state index contributed by atoms with van der Waals surface area (Å²) in [5, 5.41) is 8.40. The van der Waals surface area contributed by atoms with E-state index in [2.05, 4.69) is 16.0 Å². The normalized spacial score (nSPS) is 10.2. The smallest absolute Gasteiger partial charge is 0.319 e. The van der Waals surface area contributed by atoms with Crippen molar-refractivity contribution in [2.45, 2.75) is 6.54 Å². The molecule has 132 valence electrons. The number of rotatable bonds is 5. The largest absolute Gasteiger partial charge is 0.459 e. The number of anilines is 2. The molecule has 0 unspecified atom stereocenters. The summed E-state index contributed by atoms with van der Waals surface area (Å²) in [4.78, 5) is 23.9. The molecule has 26 heavy (non-hydrogen) atoms. The van der Waals surface area contributed by atoms with Crippen molar-refractivity contribution in [3.63, 3.8) is 0 Å². The van der Waals surface area contributed by atoms with Crippen molar-refractivity contribution >= 4 is 34.9 Å². The van der Waals surface area contributed by atoms with Crippen molar-refractivity contribution in [3.05, 3.63) is 83.3 Å². The van der Waals surface area contributed by atoms with Crippen LogP contribution in [-0.4, -0.2) is 11.9 Å². The third-order valence-corrected chi connectivity index (χ3v) is 3.83. The van der Waals surface area contributed by atoms with E-state index in [0.29, 0.717) is 22.9 Å². The van der Waals surface area contributed by atoms with Gasteiger partial charge >= 0.3 is 6.03 Å². The van der Waals surface area contributed by atoms with Crippen molar-refractivity contribution in [3.8, 4) is 0 Å². The van der Waals surface area contributed by atoms with E-state index in [0.717, 1.165) is 5.56 Å².